The summed E-state index contributed by atoms with van der Waals surface area (Å²) in [7, 11) is 0. The predicted molar refractivity (Wildman–Crippen MR) is 29.7 cm³/mol. The van der Waals surface area contributed by atoms with E-state index in [-0.39, 0.29) is 6.42 Å². The molecule has 0 aromatic carbocycles. The van der Waals surface area contributed by atoms with Crippen LogP contribution in [0.5, 0.6) is 0 Å². The van der Waals surface area contributed by atoms with Crippen molar-refractivity contribution in [2.24, 2.45) is 0 Å². The smallest absolute Gasteiger partial charge is 0.207 e. The van der Waals surface area contributed by atoms with Crippen LogP contribution >= 0.6 is 0 Å². The number of rotatable bonds is 5. The molecule has 0 spiro atoms. The molecule has 0 fully saturated rings. The summed E-state index contributed by atoms with van der Waals surface area (Å²) >= 11 is 0. The van der Waals surface area contributed by atoms with Gasteiger partial charge in [-0.15, -0.1) is 0 Å². The maximum atomic E-state index is 9.90. The molecule has 0 saturated heterocycles. The van der Waals surface area contributed by atoms with E-state index in [1.54, 1.807) is 0 Å². The van der Waals surface area contributed by atoms with Gasteiger partial charge in [0, 0.05) is 6.42 Å². The number of nitrogens with one attached hydrogen (secondary N) is 1. The molecule has 1 N–H and O–H groups in total. The second kappa shape index (κ2) is 4.96. The summed E-state index contributed by atoms with van der Waals surface area (Å²) in [6.07, 6.45) is 1.53. The molecule has 0 aromatic rings. The van der Waals surface area contributed by atoms with Gasteiger partial charge in [0.2, 0.25) is 6.41 Å². The standard InChI is InChI=1S/C5H7NO3/c7-2-1-5(3-8)6-4-9/h2-5H,1H2,(H,6,9). The zero-order valence-electron chi connectivity index (χ0n) is 4.74. The van der Waals surface area contributed by atoms with Gasteiger partial charge in [-0.05, 0) is 0 Å². The molecular formula is C5H7NO3. The van der Waals surface area contributed by atoms with E-state index in [4.69, 9.17) is 0 Å². The first kappa shape index (κ1) is 7.81. The summed E-state index contributed by atoms with van der Waals surface area (Å²) in [6, 6.07) is -0.653. The fraction of sp³-hybridized carbons (Fsp3) is 0.400. The minimum absolute atomic E-state index is 0.0439. The fourth-order valence-electron chi connectivity index (χ4n) is 0.354. The Labute approximate surface area is 52.2 Å². The van der Waals surface area contributed by atoms with Crippen LogP contribution in [-0.4, -0.2) is 25.0 Å². The van der Waals surface area contributed by atoms with Crippen molar-refractivity contribution in [2.45, 2.75) is 12.5 Å². The van der Waals surface area contributed by atoms with Crippen molar-refractivity contribution in [3.05, 3.63) is 0 Å². The monoisotopic (exact) mass is 129 g/mol. The molecule has 9 heavy (non-hydrogen) atoms. The predicted octanol–water partition coefficient (Wildman–Crippen LogP) is -1.11. The number of hydrogen-bond acceptors (Lipinski definition) is 3. The van der Waals surface area contributed by atoms with Crippen molar-refractivity contribution in [3.63, 3.8) is 0 Å². The quantitative estimate of drug-likeness (QED) is 0.479. The van der Waals surface area contributed by atoms with Crippen LogP contribution in [0, 0.1) is 0 Å². The van der Waals surface area contributed by atoms with E-state index in [0.29, 0.717) is 19.0 Å². The summed E-state index contributed by atoms with van der Waals surface area (Å²) < 4.78 is 0. The summed E-state index contributed by atoms with van der Waals surface area (Å²) in [5.74, 6) is 0. The molecule has 1 atom stereocenters. The second-order valence-corrected chi connectivity index (χ2v) is 1.43. The molecule has 0 aliphatic heterocycles. The Morgan fingerprint density at radius 2 is 2.00 bits per heavy atom. The van der Waals surface area contributed by atoms with Crippen molar-refractivity contribution >= 4 is 19.0 Å². The number of hydrogen-bond donors (Lipinski definition) is 1. The normalized spacial score (nSPS) is 11.6. The molecule has 0 rings (SSSR count). The van der Waals surface area contributed by atoms with Crippen molar-refractivity contribution in [1.82, 2.24) is 5.32 Å². The van der Waals surface area contributed by atoms with Crippen molar-refractivity contribution in [3.8, 4) is 0 Å². The highest BCUT2D eigenvalue weighted by Crippen LogP contribution is 1.79. The van der Waals surface area contributed by atoms with Crippen LogP contribution in [0.15, 0.2) is 0 Å². The van der Waals surface area contributed by atoms with Gasteiger partial charge < -0.3 is 14.9 Å². The van der Waals surface area contributed by atoms with Crippen LogP contribution in [0.2, 0.25) is 0 Å². The maximum absolute atomic E-state index is 9.90. The molecule has 50 valence electrons. The van der Waals surface area contributed by atoms with E-state index in [1.165, 1.54) is 0 Å². The van der Waals surface area contributed by atoms with Crippen LogP contribution in [-0.2, 0) is 14.4 Å². The Hall–Kier alpha value is -1.19. The zero-order chi connectivity index (χ0) is 7.11. The van der Waals surface area contributed by atoms with Crippen LogP contribution < -0.4 is 5.32 Å². The van der Waals surface area contributed by atoms with Crippen LogP contribution in [0.3, 0.4) is 0 Å². The van der Waals surface area contributed by atoms with Gasteiger partial charge in [-0.3, -0.25) is 4.79 Å². The maximum Gasteiger partial charge on any atom is 0.207 e. The van der Waals surface area contributed by atoms with Crippen LogP contribution in [0.4, 0.5) is 0 Å². The highest BCUT2D eigenvalue weighted by atomic mass is 16.1. The minimum Gasteiger partial charge on any atom is -0.349 e. The average molecular weight is 129 g/mol. The third kappa shape index (κ3) is 3.40. The van der Waals surface area contributed by atoms with Gasteiger partial charge in [-0.1, -0.05) is 0 Å². The SMILES string of the molecule is O=CCC(C=O)NC=O. The fourth-order valence-corrected chi connectivity index (χ4v) is 0.354. The summed E-state index contributed by atoms with van der Waals surface area (Å²) in [5, 5.41) is 2.15. The molecule has 0 aliphatic rings. The van der Waals surface area contributed by atoms with Gasteiger partial charge >= 0.3 is 0 Å². The number of carbonyl (C=O) groups is 3. The van der Waals surface area contributed by atoms with E-state index >= 15 is 0 Å². The molecule has 0 bridgehead atoms. The zero-order valence-corrected chi connectivity index (χ0v) is 4.74. The van der Waals surface area contributed by atoms with Gasteiger partial charge in [0.25, 0.3) is 0 Å². The van der Waals surface area contributed by atoms with Gasteiger partial charge in [0.1, 0.15) is 12.6 Å². The van der Waals surface area contributed by atoms with E-state index in [0.717, 1.165) is 0 Å². The molecule has 0 aromatic heterocycles. The lowest BCUT2D eigenvalue weighted by atomic mass is 10.2. The first-order valence-electron chi connectivity index (χ1n) is 2.43. The van der Waals surface area contributed by atoms with E-state index in [1.807, 2.05) is 0 Å². The summed E-state index contributed by atoms with van der Waals surface area (Å²) in [6.45, 7) is 0. The second-order valence-electron chi connectivity index (χ2n) is 1.43. The highest BCUT2D eigenvalue weighted by molar-refractivity contribution is 5.68. The molecule has 1 amide bonds. The van der Waals surface area contributed by atoms with Gasteiger partial charge in [0.15, 0.2) is 0 Å². The largest absolute Gasteiger partial charge is 0.349 e. The minimum atomic E-state index is -0.653. The lowest BCUT2D eigenvalue weighted by Gasteiger charge is -2.00. The van der Waals surface area contributed by atoms with Crippen molar-refractivity contribution < 1.29 is 14.4 Å². The average Bonchev–Trinajstić information content (AvgIpc) is 1.88. The lowest BCUT2D eigenvalue weighted by molar-refractivity contribution is -0.117. The molecule has 0 aliphatic carbocycles. The van der Waals surface area contributed by atoms with Crippen molar-refractivity contribution in [1.29, 1.82) is 0 Å². The summed E-state index contributed by atoms with van der Waals surface area (Å²) in [5.41, 5.74) is 0. The number of carbonyl (C=O) groups excluding carboxylic acids is 3. The Balaban J connectivity index is 3.51. The third-order valence-corrected chi connectivity index (χ3v) is 0.797. The first-order chi connectivity index (χ1) is 4.35. The molecule has 4 nitrogen and oxygen atoms in total. The third-order valence-electron chi connectivity index (χ3n) is 0.797. The molecule has 4 heteroatoms. The Morgan fingerprint density at radius 1 is 1.33 bits per heavy atom. The Morgan fingerprint density at radius 3 is 2.33 bits per heavy atom. The molecule has 0 radical (unpaired) electrons. The lowest BCUT2D eigenvalue weighted by Crippen LogP contribution is -2.29. The molecule has 0 saturated carbocycles. The topological polar surface area (TPSA) is 63.2 Å². The molecule has 1 unspecified atom stereocenters. The summed E-state index contributed by atoms with van der Waals surface area (Å²) in [4.78, 5) is 29.3. The van der Waals surface area contributed by atoms with Crippen LogP contribution in [0.25, 0.3) is 0 Å². The van der Waals surface area contributed by atoms with Gasteiger partial charge in [0.05, 0.1) is 6.04 Å². The van der Waals surface area contributed by atoms with E-state index < -0.39 is 6.04 Å². The molecule has 0 heterocycles. The number of amides is 1. The van der Waals surface area contributed by atoms with Crippen LogP contribution in [0.1, 0.15) is 6.42 Å². The van der Waals surface area contributed by atoms with Crippen molar-refractivity contribution in [2.75, 3.05) is 0 Å². The molecular weight excluding hydrogens is 122 g/mol. The van der Waals surface area contributed by atoms with E-state index in [2.05, 4.69) is 5.32 Å². The van der Waals surface area contributed by atoms with E-state index in [9.17, 15) is 14.4 Å². The Kier molecular flexibility index (Phi) is 4.30. The van der Waals surface area contributed by atoms with Gasteiger partial charge in [-0.2, -0.15) is 0 Å². The Bertz CT molecular complexity index is 103. The first-order valence-corrected chi connectivity index (χ1v) is 2.43. The number of aldehydes is 2. The highest BCUT2D eigenvalue weighted by Gasteiger charge is 2.01. The van der Waals surface area contributed by atoms with Gasteiger partial charge in [-0.25, -0.2) is 0 Å².